The van der Waals surface area contributed by atoms with Gasteiger partial charge < -0.3 is 15.4 Å². The van der Waals surface area contributed by atoms with Gasteiger partial charge in [-0.3, -0.25) is 9.78 Å². The van der Waals surface area contributed by atoms with Gasteiger partial charge in [-0.25, -0.2) is 0 Å². The molecular formula is C12H19N3O2. The minimum atomic E-state index is -0.0301. The fraction of sp³-hybridized carbons (Fsp3) is 0.500. The first kappa shape index (κ1) is 13.6. The minimum absolute atomic E-state index is 0.0274. The molecule has 94 valence electrons. The van der Waals surface area contributed by atoms with Crippen molar-refractivity contribution in [2.75, 3.05) is 26.8 Å². The van der Waals surface area contributed by atoms with Crippen molar-refractivity contribution in [2.24, 2.45) is 0 Å². The van der Waals surface area contributed by atoms with Crippen LogP contribution in [0.1, 0.15) is 18.5 Å². The van der Waals surface area contributed by atoms with Gasteiger partial charge in [0.05, 0.1) is 19.2 Å². The summed E-state index contributed by atoms with van der Waals surface area (Å²) in [6, 6.07) is 3.77. The average molecular weight is 237 g/mol. The van der Waals surface area contributed by atoms with Crippen LogP contribution in [0.5, 0.6) is 0 Å². The smallest absolute Gasteiger partial charge is 0.234 e. The molecule has 1 amide bonds. The second-order valence-corrected chi connectivity index (χ2v) is 3.75. The molecule has 0 saturated heterocycles. The number of hydrogen-bond acceptors (Lipinski definition) is 4. The lowest BCUT2D eigenvalue weighted by Gasteiger charge is -2.14. The fourth-order valence-corrected chi connectivity index (χ4v) is 1.38. The van der Waals surface area contributed by atoms with Crippen LogP contribution in [0.2, 0.25) is 0 Å². The molecule has 0 spiro atoms. The Labute approximate surface area is 102 Å². The zero-order valence-corrected chi connectivity index (χ0v) is 10.3. The summed E-state index contributed by atoms with van der Waals surface area (Å²) >= 11 is 0. The van der Waals surface area contributed by atoms with Crippen molar-refractivity contribution >= 4 is 5.91 Å². The van der Waals surface area contributed by atoms with Crippen LogP contribution in [-0.2, 0) is 9.53 Å². The van der Waals surface area contributed by atoms with E-state index in [1.54, 1.807) is 19.5 Å². The Balaban J connectivity index is 2.26. The molecule has 2 N–H and O–H groups in total. The van der Waals surface area contributed by atoms with E-state index in [1.165, 1.54) is 0 Å². The van der Waals surface area contributed by atoms with Gasteiger partial charge >= 0.3 is 0 Å². The molecule has 5 heteroatoms. The van der Waals surface area contributed by atoms with Crippen LogP contribution in [-0.4, -0.2) is 37.7 Å². The summed E-state index contributed by atoms with van der Waals surface area (Å²) in [4.78, 5) is 15.6. The van der Waals surface area contributed by atoms with Gasteiger partial charge in [0.25, 0.3) is 0 Å². The number of amides is 1. The van der Waals surface area contributed by atoms with Crippen molar-refractivity contribution in [3.63, 3.8) is 0 Å². The molecule has 5 nitrogen and oxygen atoms in total. The highest BCUT2D eigenvalue weighted by Gasteiger charge is 2.08. The molecule has 0 aromatic carbocycles. The number of carbonyl (C=O) groups is 1. The van der Waals surface area contributed by atoms with E-state index in [2.05, 4.69) is 15.6 Å². The van der Waals surface area contributed by atoms with Crippen LogP contribution in [0.3, 0.4) is 0 Å². The average Bonchev–Trinajstić information content (AvgIpc) is 2.36. The number of pyridine rings is 1. The predicted molar refractivity (Wildman–Crippen MR) is 65.5 cm³/mol. The molecule has 1 rings (SSSR count). The lowest BCUT2D eigenvalue weighted by atomic mass is 10.1. The molecule has 0 aliphatic carbocycles. The van der Waals surface area contributed by atoms with Crippen molar-refractivity contribution < 1.29 is 9.53 Å². The summed E-state index contributed by atoms with van der Waals surface area (Å²) in [5.41, 5.74) is 0.998. The Bertz CT molecular complexity index is 330. The molecule has 0 fully saturated rings. The quantitative estimate of drug-likeness (QED) is 0.678. The number of rotatable bonds is 7. The van der Waals surface area contributed by atoms with Gasteiger partial charge in [0.1, 0.15) is 0 Å². The number of ether oxygens (including phenoxy) is 1. The number of nitrogens with zero attached hydrogens (tertiary/aromatic N) is 1. The maximum atomic E-state index is 11.6. The second kappa shape index (κ2) is 7.76. The SMILES string of the molecule is COCCNCC(=O)NC(C)c1cccnc1. The fourth-order valence-electron chi connectivity index (χ4n) is 1.38. The van der Waals surface area contributed by atoms with Crippen LogP contribution >= 0.6 is 0 Å². The summed E-state index contributed by atoms with van der Waals surface area (Å²) in [5.74, 6) is -0.0301. The van der Waals surface area contributed by atoms with Gasteiger partial charge in [0, 0.05) is 26.0 Å². The van der Waals surface area contributed by atoms with Crippen molar-refractivity contribution in [2.45, 2.75) is 13.0 Å². The van der Waals surface area contributed by atoms with Crippen LogP contribution in [0, 0.1) is 0 Å². The number of aromatic nitrogens is 1. The van der Waals surface area contributed by atoms with E-state index in [9.17, 15) is 4.79 Å². The highest BCUT2D eigenvalue weighted by molar-refractivity contribution is 5.78. The van der Waals surface area contributed by atoms with E-state index in [0.29, 0.717) is 19.7 Å². The maximum Gasteiger partial charge on any atom is 0.234 e. The van der Waals surface area contributed by atoms with E-state index in [1.807, 2.05) is 19.1 Å². The van der Waals surface area contributed by atoms with Gasteiger partial charge in [-0.05, 0) is 18.6 Å². The molecule has 0 bridgehead atoms. The van der Waals surface area contributed by atoms with Crippen LogP contribution in [0.25, 0.3) is 0 Å². The maximum absolute atomic E-state index is 11.6. The Hall–Kier alpha value is -1.46. The number of carbonyl (C=O) groups excluding carboxylic acids is 1. The minimum Gasteiger partial charge on any atom is -0.383 e. The highest BCUT2D eigenvalue weighted by atomic mass is 16.5. The molecule has 1 aromatic heterocycles. The summed E-state index contributed by atoms with van der Waals surface area (Å²) in [5, 5.41) is 5.88. The summed E-state index contributed by atoms with van der Waals surface area (Å²) < 4.78 is 4.87. The first-order chi connectivity index (χ1) is 8.24. The Morgan fingerprint density at radius 2 is 2.41 bits per heavy atom. The highest BCUT2D eigenvalue weighted by Crippen LogP contribution is 2.08. The monoisotopic (exact) mass is 237 g/mol. The lowest BCUT2D eigenvalue weighted by Crippen LogP contribution is -2.36. The van der Waals surface area contributed by atoms with E-state index in [4.69, 9.17) is 4.74 Å². The second-order valence-electron chi connectivity index (χ2n) is 3.75. The van der Waals surface area contributed by atoms with E-state index in [-0.39, 0.29) is 11.9 Å². The standard InChI is InChI=1S/C12H19N3O2/c1-10(11-4-3-5-13-8-11)15-12(16)9-14-6-7-17-2/h3-5,8,10,14H,6-7,9H2,1-2H3,(H,15,16). The van der Waals surface area contributed by atoms with E-state index < -0.39 is 0 Å². The van der Waals surface area contributed by atoms with Gasteiger partial charge in [0.15, 0.2) is 0 Å². The molecule has 0 radical (unpaired) electrons. The molecule has 1 heterocycles. The largest absolute Gasteiger partial charge is 0.383 e. The predicted octanol–water partition coefficient (Wildman–Crippen LogP) is 0.495. The van der Waals surface area contributed by atoms with Crippen molar-refractivity contribution in [3.8, 4) is 0 Å². The molecule has 17 heavy (non-hydrogen) atoms. The Kier molecular flexibility index (Phi) is 6.21. The molecule has 0 aliphatic rings. The molecule has 0 aliphatic heterocycles. The van der Waals surface area contributed by atoms with Crippen LogP contribution < -0.4 is 10.6 Å². The van der Waals surface area contributed by atoms with Gasteiger partial charge in [-0.15, -0.1) is 0 Å². The zero-order valence-electron chi connectivity index (χ0n) is 10.3. The third-order valence-corrected chi connectivity index (χ3v) is 2.33. The summed E-state index contributed by atoms with van der Waals surface area (Å²) in [6.07, 6.45) is 3.47. The van der Waals surface area contributed by atoms with Gasteiger partial charge in [-0.1, -0.05) is 6.07 Å². The molecular weight excluding hydrogens is 218 g/mol. The van der Waals surface area contributed by atoms with Crippen molar-refractivity contribution in [3.05, 3.63) is 30.1 Å². The summed E-state index contributed by atoms with van der Waals surface area (Å²) in [6.45, 7) is 3.51. The normalized spacial score (nSPS) is 12.1. The molecule has 1 atom stereocenters. The number of methoxy groups -OCH3 is 1. The third-order valence-electron chi connectivity index (χ3n) is 2.33. The van der Waals surface area contributed by atoms with Crippen LogP contribution in [0.4, 0.5) is 0 Å². The van der Waals surface area contributed by atoms with E-state index >= 15 is 0 Å². The first-order valence-electron chi connectivity index (χ1n) is 5.63. The zero-order chi connectivity index (χ0) is 12.5. The molecule has 0 saturated carbocycles. The van der Waals surface area contributed by atoms with E-state index in [0.717, 1.165) is 5.56 Å². The van der Waals surface area contributed by atoms with Crippen molar-refractivity contribution in [1.82, 2.24) is 15.6 Å². The number of nitrogens with one attached hydrogen (secondary N) is 2. The summed E-state index contributed by atoms with van der Waals surface area (Å²) in [7, 11) is 1.63. The Morgan fingerprint density at radius 1 is 1.59 bits per heavy atom. The molecule has 1 aromatic rings. The van der Waals surface area contributed by atoms with Gasteiger partial charge in [0.2, 0.25) is 5.91 Å². The van der Waals surface area contributed by atoms with Crippen molar-refractivity contribution in [1.29, 1.82) is 0 Å². The van der Waals surface area contributed by atoms with Gasteiger partial charge in [-0.2, -0.15) is 0 Å². The molecule has 1 unspecified atom stereocenters. The van der Waals surface area contributed by atoms with Crippen LogP contribution in [0.15, 0.2) is 24.5 Å². The lowest BCUT2D eigenvalue weighted by molar-refractivity contribution is -0.120. The topological polar surface area (TPSA) is 63.2 Å². The Morgan fingerprint density at radius 3 is 3.06 bits per heavy atom. The number of hydrogen-bond donors (Lipinski definition) is 2. The third kappa shape index (κ3) is 5.42. The first-order valence-corrected chi connectivity index (χ1v) is 5.63.